The van der Waals surface area contributed by atoms with Gasteiger partial charge in [-0.25, -0.2) is 4.98 Å². The Morgan fingerprint density at radius 3 is 2.06 bits per heavy atom. The Balaban J connectivity index is 1.54. The van der Waals surface area contributed by atoms with E-state index in [4.69, 9.17) is 9.47 Å². The van der Waals surface area contributed by atoms with Gasteiger partial charge in [-0.15, -0.1) is 11.3 Å². The van der Waals surface area contributed by atoms with Gasteiger partial charge in [0.2, 0.25) is 5.91 Å². The van der Waals surface area contributed by atoms with Gasteiger partial charge in [-0.05, 0) is 41.0 Å². The van der Waals surface area contributed by atoms with Gasteiger partial charge in [0.05, 0.1) is 25.3 Å². The number of thiazole rings is 1. The molecule has 0 saturated heterocycles. The molecule has 3 aromatic carbocycles. The Kier molecular flexibility index (Phi) is 7.51. The highest BCUT2D eigenvalue weighted by molar-refractivity contribution is 7.13. The average Bonchev–Trinajstić information content (AvgIpc) is 3.32. The normalized spacial score (nSPS) is 12.1. The van der Waals surface area contributed by atoms with Crippen LogP contribution in [0.2, 0.25) is 0 Å². The van der Waals surface area contributed by atoms with Crippen LogP contribution >= 0.6 is 11.3 Å². The highest BCUT2D eigenvalue weighted by atomic mass is 32.1. The summed E-state index contributed by atoms with van der Waals surface area (Å²) in [6.07, 6.45) is 0.693. The van der Waals surface area contributed by atoms with E-state index < -0.39 is 5.41 Å². The molecule has 6 heteroatoms. The number of methoxy groups -OCH3 is 2. The predicted molar refractivity (Wildman–Crippen MR) is 142 cm³/mol. The number of aromatic nitrogens is 1. The van der Waals surface area contributed by atoms with E-state index in [0.29, 0.717) is 11.6 Å². The maximum Gasteiger partial charge on any atom is 0.232 e. The number of carbonyl (C=O) groups excluding carboxylic acids is 1. The standard InChI is InChI=1S/C29H30N2O3S/c1-29(2,26(21-8-6-5-7-9-21)22-12-16-25(34-4)17-13-22)27(32)31-28-30-23(19-35-28)18-20-10-14-24(33-3)15-11-20/h5-17,19,26H,18H2,1-4H3,(H,30,31,32). The minimum absolute atomic E-state index is 0.0764. The first kappa shape index (κ1) is 24.5. The summed E-state index contributed by atoms with van der Waals surface area (Å²) in [6.45, 7) is 3.96. The molecule has 0 saturated carbocycles. The second-order valence-corrected chi connectivity index (χ2v) is 9.82. The summed E-state index contributed by atoms with van der Waals surface area (Å²) < 4.78 is 10.6. The van der Waals surface area contributed by atoms with Gasteiger partial charge in [-0.1, -0.05) is 68.4 Å². The summed E-state index contributed by atoms with van der Waals surface area (Å²) in [4.78, 5) is 18.3. The van der Waals surface area contributed by atoms with Crippen LogP contribution in [0.3, 0.4) is 0 Å². The van der Waals surface area contributed by atoms with Gasteiger partial charge in [0.15, 0.2) is 5.13 Å². The van der Waals surface area contributed by atoms with Gasteiger partial charge in [0, 0.05) is 17.7 Å². The lowest BCUT2D eigenvalue weighted by Crippen LogP contribution is -2.37. The molecule has 1 heterocycles. The Bertz CT molecular complexity index is 1250. The number of carbonyl (C=O) groups is 1. The van der Waals surface area contributed by atoms with Gasteiger partial charge in [-0.2, -0.15) is 0 Å². The van der Waals surface area contributed by atoms with Crippen molar-refractivity contribution >= 4 is 22.4 Å². The van der Waals surface area contributed by atoms with Crippen LogP contribution in [0.25, 0.3) is 0 Å². The highest BCUT2D eigenvalue weighted by Gasteiger charge is 2.39. The summed E-state index contributed by atoms with van der Waals surface area (Å²) in [5.41, 5.74) is 3.45. The van der Waals surface area contributed by atoms with Crippen molar-refractivity contribution in [3.05, 3.63) is 107 Å². The number of nitrogens with zero attached hydrogens (tertiary/aromatic N) is 1. The van der Waals surface area contributed by atoms with Crippen LogP contribution in [0, 0.1) is 5.41 Å². The molecule has 0 spiro atoms. The van der Waals surface area contributed by atoms with E-state index in [0.717, 1.165) is 33.9 Å². The van der Waals surface area contributed by atoms with Gasteiger partial charge in [0.25, 0.3) is 0 Å². The molecule has 0 aliphatic rings. The first-order chi connectivity index (χ1) is 16.9. The largest absolute Gasteiger partial charge is 0.497 e. The molecule has 0 fully saturated rings. The summed E-state index contributed by atoms with van der Waals surface area (Å²) in [5.74, 6) is 1.39. The fourth-order valence-corrected chi connectivity index (χ4v) is 4.96. The van der Waals surface area contributed by atoms with Crippen molar-refractivity contribution in [1.29, 1.82) is 0 Å². The van der Waals surface area contributed by atoms with Crippen LogP contribution in [0.5, 0.6) is 11.5 Å². The molecule has 0 aliphatic heterocycles. The van der Waals surface area contributed by atoms with E-state index in [1.807, 2.05) is 86.0 Å². The zero-order valence-electron chi connectivity index (χ0n) is 20.4. The van der Waals surface area contributed by atoms with E-state index in [1.54, 1.807) is 14.2 Å². The van der Waals surface area contributed by atoms with Crippen molar-refractivity contribution in [2.24, 2.45) is 5.41 Å². The summed E-state index contributed by atoms with van der Waals surface area (Å²) in [5, 5.41) is 5.67. The minimum Gasteiger partial charge on any atom is -0.497 e. The third-order valence-corrected chi connectivity index (χ3v) is 7.01. The van der Waals surface area contributed by atoms with E-state index in [1.165, 1.54) is 11.3 Å². The summed E-state index contributed by atoms with van der Waals surface area (Å²) in [6, 6.07) is 26.0. The quantitative estimate of drug-likeness (QED) is 0.291. The van der Waals surface area contributed by atoms with Gasteiger partial charge in [0.1, 0.15) is 11.5 Å². The molecule has 180 valence electrons. The lowest BCUT2D eigenvalue weighted by Gasteiger charge is -2.33. The number of benzene rings is 3. The lowest BCUT2D eigenvalue weighted by atomic mass is 9.70. The molecule has 1 amide bonds. The van der Waals surface area contributed by atoms with Crippen LogP contribution in [0.15, 0.2) is 84.2 Å². The number of amides is 1. The molecule has 1 atom stereocenters. The van der Waals surface area contributed by atoms with Crippen molar-refractivity contribution in [3.63, 3.8) is 0 Å². The molecule has 1 aromatic heterocycles. The number of hydrogen-bond acceptors (Lipinski definition) is 5. The Labute approximate surface area is 210 Å². The van der Waals surface area contributed by atoms with E-state index in [2.05, 4.69) is 22.4 Å². The molecular formula is C29H30N2O3S. The molecule has 5 nitrogen and oxygen atoms in total. The van der Waals surface area contributed by atoms with Crippen molar-refractivity contribution in [3.8, 4) is 11.5 Å². The minimum atomic E-state index is -0.738. The molecule has 1 N–H and O–H groups in total. The zero-order valence-corrected chi connectivity index (χ0v) is 21.3. The SMILES string of the molecule is COc1ccc(Cc2csc(NC(=O)C(C)(C)C(c3ccccc3)c3ccc(OC)cc3)n2)cc1. The predicted octanol–water partition coefficient (Wildman–Crippen LogP) is 6.55. The maximum absolute atomic E-state index is 13.6. The summed E-state index contributed by atoms with van der Waals surface area (Å²) in [7, 11) is 3.31. The van der Waals surface area contributed by atoms with Crippen molar-refractivity contribution in [1.82, 2.24) is 4.98 Å². The maximum atomic E-state index is 13.6. The number of rotatable bonds is 9. The third kappa shape index (κ3) is 5.72. The Morgan fingerprint density at radius 1 is 0.886 bits per heavy atom. The molecule has 0 bridgehead atoms. The van der Waals surface area contributed by atoms with E-state index in [9.17, 15) is 4.79 Å². The van der Waals surface area contributed by atoms with Crippen molar-refractivity contribution in [2.45, 2.75) is 26.2 Å². The van der Waals surface area contributed by atoms with Gasteiger partial charge < -0.3 is 14.8 Å². The molecular weight excluding hydrogens is 456 g/mol. The topological polar surface area (TPSA) is 60.5 Å². The molecule has 4 rings (SSSR count). The van der Waals surface area contributed by atoms with E-state index >= 15 is 0 Å². The van der Waals surface area contributed by atoms with Crippen molar-refractivity contribution in [2.75, 3.05) is 19.5 Å². The second kappa shape index (κ2) is 10.7. The summed E-state index contributed by atoms with van der Waals surface area (Å²) >= 11 is 1.44. The monoisotopic (exact) mass is 486 g/mol. The number of anilines is 1. The first-order valence-electron chi connectivity index (χ1n) is 11.5. The zero-order chi connectivity index (χ0) is 24.8. The first-order valence-corrected chi connectivity index (χ1v) is 12.4. The molecule has 0 radical (unpaired) electrons. The number of nitrogens with one attached hydrogen (secondary N) is 1. The van der Waals surface area contributed by atoms with Gasteiger partial charge >= 0.3 is 0 Å². The van der Waals surface area contributed by atoms with Crippen LogP contribution in [0.1, 0.15) is 42.1 Å². The van der Waals surface area contributed by atoms with E-state index in [-0.39, 0.29) is 11.8 Å². The molecule has 35 heavy (non-hydrogen) atoms. The average molecular weight is 487 g/mol. The van der Waals surface area contributed by atoms with Crippen molar-refractivity contribution < 1.29 is 14.3 Å². The highest BCUT2D eigenvalue weighted by Crippen LogP contribution is 2.42. The molecule has 1 unspecified atom stereocenters. The molecule has 0 aliphatic carbocycles. The number of hydrogen-bond donors (Lipinski definition) is 1. The number of ether oxygens (including phenoxy) is 2. The Morgan fingerprint density at radius 2 is 1.46 bits per heavy atom. The van der Waals surface area contributed by atoms with Crippen LogP contribution in [0.4, 0.5) is 5.13 Å². The van der Waals surface area contributed by atoms with Crippen LogP contribution < -0.4 is 14.8 Å². The van der Waals surface area contributed by atoms with Gasteiger partial charge in [-0.3, -0.25) is 4.79 Å². The Hall–Kier alpha value is -3.64. The second-order valence-electron chi connectivity index (χ2n) is 8.96. The fourth-order valence-electron chi connectivity index (χ4n) is 4.26. The third-order valence-electron chi connectivity index (χ3n) is 6.21. The van der Waals surface area contributed by atoms with Crippen LogP contribution in [-0.2, 0) is 11.2 Å². The smallest absolute Gasteiger partial charge is 0.232 e. The van der Waals surface area contributed by atoms with Crippen LogP contribution in [-0.4, -0.2) is 25.1 Å². The fraction of sp³-hybridized carbons (Fsp3) is 0.241. The lowest BCUT2D eigenvalue weighted by molar-refractivity contribution is -0.124. The molecule has 4 aromatic rings.